The average Bonchev–Trinajstić information content (AvgIpc) is 3.09. The van der Waals surface area contributed by atoms with E-state index in [1.54, 1.807) is 11.1 Å². The van der Waals surface area contributed by atoms with Gasteiger partial charge in [-0.1, -0.05) is 54.5 Å². The molecule has 2 atom stereocenters. The second-order valence-corrected chi connectivity index (χ2v) is 9.32. The highest BCUT2D eigenvalue weighted by atomic mass is 16.3. The first-order valence-electron chi connectivity index (χ1n) is 10.6. The molecule has 0 bridgehead atoms. The topological polar surface area (TPSA) is 20.2 Å². The van der Waals surface area contributed by atoms with Gasteiger partial charge in [-0.3, -0.25) is 0 Å². The summed E-state index contributed by atoms with van der Waals surface area (Å²) in [5, 5.41) is 10.2. The number of hydrogen-bond donors (Lipinski definition) is 1. The van der Waals surface area contributed by atoms with E-state index >= 15 is 0 Å². The number of benzene rings is 2. The van der Waals surface area contributed by atoms with Crippen LogP contribution in [0.5, 0.6) is 5.75 Å². The molecular formula is C26H30O. The summed E-state index contributed by atoms with van der Waals surface area (Å²) < 4.78 is 0. The van der Waals surface area contributed by atoms with Crippen molar-refractivity contribution < 1.29 is 5.11 Å². The molecule has 2 aromatic rings. The van der Waals surface area contributed by atoms with Crippen LogP contribution in [0.1, 0.15) is 67.7 Å². The van der Waals surface area contributed by atoms with Crippen molar-refractivity contribution in [1.82, 2.24) is 0 Å². The van der Waals surface area contributed by atoms with Gasteiger partial charge in [0, 0.05) is 5.41 Å². The smallest absolute Gasteiger partial charge is 0.118 e. The quantitative estimate of drug-likeness (QED) is 0.615. The monoisotopic (exact) mass is 358 g/mol. The fourth-order valence-electron chi connectivity index (χ4n) is 6.57. The molecular weight excluding hydrogens is 328 g/mol. The molecule has 0 aliphatic heterocycles. The molecule has 0 aromatic heterocycles. The van der Waals surface area contributed by atoms with E-state index in [-0.39, 0.29) is 5.41 Å². The Hall–Kier alpha value is -2.02. The number of hydrogen-bond acceptors (Lipinski definition) is 1. The second-order valence-electron chi connectivity index (χ2n) is 9.32. The minimum Gasteiger partial charge on any atom is -0.508 e. The minimum absolute atomic E-state index is 0.173. The normalized spacial score (nSPS) is 29.3. The van der Waals surface area contributed by atoms with E-state index in [1.807, 2.05) is 6.07 Å². The van der Waals surface area contributed by atoms with Crippen LogP contribution in [0.4, 0.5) is 0 Å². The number of phenols is 1. The van der Waals surface area contributed by atoms with Crippen molar-refractivity contribution in [1.29, 1.82) is 0 Å². The molecule has 1 nitrogen and oxygen atoms in total. The van der Waals surface area contributed by atoms with Gasteiger partial charge in [0.25, 0.3) is 0 Å². The van der Waals surface area contributed by atoms with Crippen LogP contribution in [0.25, 0.3) is 0 Å². The van der Waals surface area contributed by atoms with Crippen molar-refractivity contribution in [3.8, 4) is 5.75 Å². The number of rotatable bonds is 2. The fourth-order valence-corrected chi connectivity index (χ4v) is 6.57. The largest absolute Gasteiger partial charge is 0.508 e. The van der Waals surface area contributed by atoms with E-state index < -0.39 is 0 Å². The first kappa shape index (κ1) is 17.1. The molecule has 1 saturated carbocycles. The standard InChI is InChI=1S/C26H30O/c1-18-20-10-11-22-23-9-6-14-26(23,17-19-7-4-3-5-8-19)16-15-25(22,2)21(20)12-13-24(18)27/h3-5,7-8,12-13,27H,6,9-11,14-17H2,1-2H3. The van der Waals surface area contributed by atoms with Crippen LogP contribution in [0, 0.1) is 12.3 Å². The molecule has 0 spiro atoms. The molecule has 1 fully saturated rings. The molecule has 0 heterocycles. The lowest BCUT2D eigenvalue weighted by molar-refractivity contribution is 0.252. The highest BCUT2D eigenvalue weighted by Crippen LogP contribution is 2.61. The lowest BCUT2D eigenvalue weighted by atomic mass is 9.55. The zero-order chi connectivity index (χ0) is 18.6. The molecule has 1 heteroatoms. The molecule has 0 radical (unpaired) electrons. The molecule has 27 heavy (non-hydrogen) atoms. The van der Waals surface area contributed by atoms with Gasteiger partial charge < -0.3 is 5.11 Å². The van der Waals surface area contributed by atoms with Crippen LogP contribution in [0.3, 0.4) is 0 Å². The van der Waals surface area contributed by atoms with E-state index in [4.69, 9.17) is 0 Å². The summed E-state index contributed by atoms with van der Waals surface area (Å²) in [6.07, 6.45) is 10.0. The van der Waals surface area contributed by atoms with Gasteiger partial charge in [0.05, 0.1) is 0 Å². The molecule has 0 amide bonds. The lowest BCUT2D eigenvalue weighted by Crippen LogP contribution is -2.40. The number of allylic oxidation sites excluding steroid dienone is 2. The van der Waals surface area contributed by atoms with Crippen LogP contribution in [-0.2, 0) is 18.3 Å². The van der Waals surface area contributed by atoms with Gasteiger partial charge in [-0.2, -0.15) is 0 Å². The molecule has 2 aromatic carbocycles. The van der Waals surface area contributed by atoms with Crippen LogP contribution >= 0.6 is 0 Å². The van der Waals surface area contributed by atoms with Crippen LogP contribution in [0.15, 0.2) is 53.6 Å². The average molecular weight is 359 g/mol. The van der Waals surface area contributed by atoms with Crippen LogP contribution < -0.4 is 0 Å². The zero-order valence-corrected chi connectivity index (χ0v) is 16.6. The Morgan fingerprint density at radius 1 is 0.889 bits per heavy atom. The SMILES string of the molecule is Cc1c(O)ccc2c1CCC1=C3CCCC3(Cc3ccccc3)CCC12C. The summed E-state index contributed by atoms with van der Waals surface area (Å²) in [5.74, 6) is 0.462. The van der Waals surface area contributed by atoms with Gasteiger partial charge >= 0.3 is 0 Å². The summed E-state index contributed by atoms with van der Waals surface area (Å²) in [6, 6.07) is 15.3. The van der Waals surface area contributed by atoms with Crippen LogP contribution in [0.2, 0.25) is 0 Å². The van der Waals surface area contributed by atoms with Crippen molar-refractivity contribution in [2.75, 3.05) is 0 Å². The number of aromatic hydroxyl groups is 1. The third-order valence-electron chi connectivity index (χ3n) is 8.03. The van der Waals surface area contributed by atoms with Crippen molar-refractivity contribution in [2.24, 2.45) is 5.41 Å². The highest BCUT2D eigenvalue weighted by Gasteiger charge is 2.50. The molecule has 5 rings (SSSR count). The maximum absolute atomic E-state index is 10.2. The molecule has 3 aliphatic rings. The van der Waals surface area contributed by atoms with E-state index in [0.29, 0.717) is 11.2 Å². The maximum atomic E-state index is 10.2. The molecule has 1 N–H and O–H groups in total. The van der Waals surface area contributed by atoms with E-state index in [9.17, 15) is 5.11 Å². The lowest BCUT2D eigenvalue weighted by Gasteiger charge is -2.49. The van der Waals surface area contributed by atoms with E-state index in [0.717, 1.165) is 12.0 Å². The van der Waals surface area contributed by atoms with E-state index in [2.05, 4.69) is 50.2 Å². The predicted octanol–water partition coefficient (Wildman–Crippen LogP) is 6.41. The first-order valence-corrected chi connectivity index (χ1v) is 10.6. The predicted molar refractivity (Wildman–Crippen MR) is 111 cm³/mol. The molecule has 2 unspecified atom stereocenters. The molecule has 3 aliphatic carbocycles. The Balaban J connectivity index is 1.62. The highest BCUT2D eigenvalue weighted by molar-refractivity contribution is 5.55. The molecule has 0 saturated heterocycles. The van der Waals surface area contributed by atoms with Crippen molar-refractivity contribution in [3.05, 3.63) is 75.9 Å². The van der Waals surface area contributed by atoms with Gasteiger partial charge in [-0.15, -0.1) is 0 Å². The Labute approximate surface area is 163 Å². The second kappa shape index (κ2) is 5.99. The van der Waals surface area contributed by atoms with Crippen molar-refractivity contribution in [2.45, 2.75) is 70.6 Å². The summed E-state index contributed by atoms with van der Waals surface area (Å²) in [7, 11) is 0. The number of phenolic OH excluding ortho intramolecular Hbond substituents is 1. The summed E-state index contributed by atoms with van der Waals surface area (Å²) in [5.41, 5.74) is 9.63. The Bertz CT molecular complexity index is 923. The zero-order valence-electron chi connectivity index (χ0n) is 16.6. The minimum atomic E-state index is 0.173. The Kier molecular flexibility index (Phi) is 3.79. The van der Waals surface area contributed by atoms with Crippen LogP contribution in [-0.4, -0.2) is 5.11 Å². The van der Waals surface area contributed by atoms with Gasteiger partial charge in [0.1, 0.15) is 5.75 Å². The van der Waals surface area contributed by atoms with Gasteiger partial charge in [0.2, 0.25) is 0 Å². The fraction of sp³-hybridized carbons (Fsp3) is 0.462. The van der Waals surface area contributed by atoms with E-state index in [1.165, 1.54) is 61.6 Å². The molecule has 140 valence electrons. The van der Waals surface area contributed by atoms with Gasteiger partial charge in [0.15, 0.2) is 0 Å². The Morgan fingerprint density at radius 2 is 1.70 bits per heavy atom. The summed E-state index contributed by atoms with van der Waals surface area (Å²) >= 11 is 0. The third-order valence-corrected chi connectivity index (χ3v) is 8.03. The third kappa shape index (κ3) is 2.43. The maximum Gasteiger partial charge on any atom is 0.118 e. The van der Waals surface area contributed by atoms with Gasteiger partial charge in [-0.25, -0.2) is 0 Å². The van der Waals surface area contributed by atoms with Crippen molar-refractivity contribution in [3.63, 3.8) is 0 Å². The van der Waals surface area contributed by atoms with Crippen molar-refractivity contribution >= 4 is 0 Å². The first-order chi connectivity index (χ1) is 13.0. The summed E-state index contributed by atoms with van der Waals surface area (Å²) in [6.45, 7) is 4.57. The van der Waals surface area contributed by atoms with Gasteiger partial charge in [-0.05, 0) is 92.0 Å². The Morgan fingerprint density at radius 3 is 2.52 bits per heavy atom. The summed E-state index contributed by atoms with van der Waals surface area (Å²) in [4.78, 5) is 0. The number of fused-ring (bicyclic) bond motifs is 4.